The van der Waals surface area contributed by atoms with Crippen LogP contribution in [-0.2, 0) is 0 Å². The molecule has 0 rings (SSSR count). The average molecular weight is 90.5 g/mol. The lowest BCUT2D eigenvalue weighted by atomic mass is 9.26. The Morgan fingerprint density at radius 2 is 2.29 bits per heavy atom. The van der Waals surface area contributed by atoms with Gasteiger partial charge >= 0.3 is 0 Å². The molecule has 0 aliphatic rings. The van der Waals surface area contributed by atoms with Crippen molar-refractivity contribution in [1.29, 1.82) is 0 Å². The first-order valence-electron chi connectivity index (χ1n) is 2.27. The topological polar surface area (TPSA) is 17.1 Å². The molecule has 0 bridgehead atoms. The zero-order valence-corrected chi connectivity index (χ0v) is 4.64. The smallest absolute Gasteiger partial charge is 0.183 e. The monoisotopic (exact) mass is 91.1 g/mol. The molecule has 3 radical (unpaired) electrons. The molecule has 0 aliphatic heterocycles. The lowest BCUT2D eigenvalue weighted by molar-refractivity contribution is 0.274. The maximum absolute atomic E-state index is 10.3. The minimum atomic E-state index is -0.329. The van der Waals surface area contributed by atoms with Crippen LogP contribution in [0, 0.1) is 0 Å². The van der Waals surface area contributed by atoms with Crippen molar-refractivity contribution in [3.8, 4) is 0 Å². The molecule has 0 atom stereocenters. The summed E-state index contributed by atoms with van der Waals surface area (Å²) in [7, 11) is 6.64. The summed E-state index contributed by atoms with van der Waals surface area (Å²) in [6.45, 7) is 3.03. The fourth-order valence-electron chi connectivity index (χ4n) is 0.263. The van der Waals surface area contributed by atoms with E-state index in [0.29, 0.717) is 0 Å². The lowest BCUT2D eigenvalue weighted by Crippen LogP contribution is -2.24. The normalized spacial score (nSPS) is 7.71. The van der Waals surface area contributed by atoms with Gasteiger partial charge in [-0.25, -0.2) is 0 Å². The summed E-state index contributed by atoms with van der Waals surface area (Å²) in [5.41, 5.74) is 0.000000000000000222. The summed E-state index contributed by atoms with van der Waals surface area (Å²) in [5.74, 6) is 0. The molecule has 0 unspecified atom stereocenters. The second kappa shape index (κ2) is 2.95. The van der Waals surface area contributed by atoms with Crippen LogP contribution in [0.3, 0.4) is 0 Å². The van der Waals surface area contributed by atoms with Crippen molar-refractivity contribution >= 4 is 27.2 Å². The van der Waals surface area contributed by atoms with Crippen molar-refractivity contribution in [3.63, 3.8) is 0 Å². The molecule has 0 heterocycles. The Labute approximate surface area is 46.6 Å². The van der Waals surface area contributed by atoms with Gasteiger partial charge in [-0.1, -0.05) is 13.6 Å². The van der Waals surface area contributed by atoms with Gasteiger partial charge in [-0.05, 0) is 0 Å². The number of carbonyl (C=O) groups excluding carboxylic acids is 1. The summed E-state index contributed by atoms with van der Waals surface area (Å²) < 4.78 is 0. The van der Waals surface area contributed by atoms with Gasteiger partial charge < -0.3 is 4.79 Å². The molecule has 0 aromatic rings. The minimum Gasteiger partial charge on any atom is -0.324 e. The standard InChI is InChI=1S/C3H6B3O/c1-5-3(7)6(2)4/h1-2H3. The van der Waals surface area contributed by atoms with Gasteiger partial charge in [-0.3, -0.25) is 0 Å². The first-order chi connectivity index (χ1) is 3.18. The Balaban J connectivity index is 3.35. The van der Waals surface area contributed by atoms with Gasteiger partial charge in [-0.2, -0.15) is 0 Å². The van der Waals surface area contributed by atoms with Crippen LogP contribution in [-0.4, -0.2) is 27.2 Å². The van der Waals surface area contributed by atoms with Crippen molar-refractivity contribution in [3.05, 3.63) is 0 Å². The highest BCUT2D eigenvalue weighted by Gasteiger charge is 2.05. The maximum Gasteiger partial charge on any atom is 0.183 e. The molecule has 0 saturated carbocycles. The molecule has 0 N–H and O–H groups in total. The van der Waals surface area contributed by atoms with Crippen molar-refractivity contribution in [2.45, 2.75) is 13.6 Å². The molecule has 0 amide bonds. The molecule has 0 aromatic carbocycles. The Morgan fingerprint density at radius 1 is 1.86 bits per heavy atom. The number of hydrogen-bond acceptors (Lipinski definition) is 1. The highest BCUT2D eigenvalue weighted by atomic mass is 16.1. The molecule has 0 saturated heterocycles. The third-order valence-electron chi connectivity index (χ3n) is 0.733. The van der Waals surface area contributed by atoms with Gasteiger partial charge in [0, 0.05) is 13.3 Å². The molecule has 1 nitrogen and oxygen atoms in total. The van der Waals surface area contributed by atoms with Crippen LogP contribution in [0.25, 0.3) is 0 Å². The van der Waals surface area contributed by atoms with E-state index in [2.05, 4.69) is 0 Å². The SMILES string of the molecule is [B]B(C)C(=O)[B]C. The Morgan fingerprint density at radius 3 is 2.29 bits per heavy atom. The zero-order valence-electron chi connectivity index (χ0n) is 4.64. The zero-order chi connectivity index (χ0) is 5.86. The Hall–Kier alpha value is -0.135. The summed E-state index contributed by atoms with van der Waals surface area (Å²) in [5, 5.41) is 0. The van der Waals surface area contributed by atoms with E-state index in [4.69, 9.17) is 7.74 Å². The van der Waals surface area contributed by atoms with Gasteiger partial charge in [0.05, 0.1) is 0 Å². The number of rotatable bonds is 2. The van der Waals surface area contributed by atoms with Crippen LogP contribution >= 0.6 is 0 Å². The van der Waals surface area contributed by atoms with E-state index < -0.39 is 0 Å². The van der Waals surface area contributed by atoms with Gasteiger partial charge in [0.2, 0.25) is 0 Å². The Kier molecular flexibility index (Phi) is 2.89. The van der Waals surface area contributed by atoms with E-state index in [0.717, 1.165) is 0 Å². The first kappa shape index (κ1) is 6.86. The minimum absolute atomic E-state index is 0.000000000000000222. The molecule has 0 aliphatic carbocycles. The first-order valence-corrected chi connectivity index (χ1v) is 2.27. The second-order valence-corrected chi connectivity index (χ2v) is 1.48. The maximum atomic E-state index is 10.3. The molecular formula is C3H6B3O. The van der Waals surface area contributed by atoms with E-state index >= 15 is 0 Å². The largest absolute Gasteiger partial charge is 0.324 e. The van der Waals surface area contributed by atoms with E-state index in [1.165, 1.54) is 7.28 Å². The molecule has 4 heteroatoms. The third kappa shape index (κ3) is 2.55. The predicted molar refractivity (Wildman–Crippen MR) is 34.4 cm³/mol. The number of hydrogen-bond donors (Lipinski definition) is 0. The third-order valence-corrected chi connectivity index (χ3v) is 0.733. The van der Waals surface area contributed by atoms with Crippen LogP contribution < -0.4 is 0 Å². The summed E-state index contributed by atoms with van der Waals surface area (Å²) in [4.78, 5) is 10.3. The molecule has 0 spiro atoms. The van der Waals surface area contributed by atoms with E-state index in [1.54, 1.807) is 13.6 Å². The molecule has 0 fully saturated rings. The fourth-order valence-corrected chi connectivity index (χ4v) is 0.263. The predicted octanol–water partition coefficient (Wildman–Crippen LogP) is 0.230. The van der Waals surface area contributed by atoms with Gasteiger partial charge in [-0.15, -0.1) is 0 Å². The Bertz CT molecular complexity index is 70.6. The molecular weight excluding hydrogens is 84.5 g/mol. The van der Waals surface area contributed by atoms with E-state index in [1.807, 2.05) is 0 Å². The second-order valence-electron chi connectivity index (χ2n) is 1.48. The van der Waals surface area contributed by atoms with Crippen molar-refractivity contribution in [2.75, 3.05) is 0 Å². The average Bonchev–Trinajstić information content (AvgIpc) is 1.65. The van der Waals surface area contributed by atoms with Gasteiger partial charge in [0.25, 0.3) is 0 Å². The lowest BCUT2D eigenvalue weighted by Gasteiger charge is -1.91. The van der Waals surface area contributed by atoms with Crippen LogP contribution in [0.15, 0.2) is 0 Å². The number of carbonyl (C=O) groups is 1. The highest BCUT2D eigenvalue weighted by molar-refractivity contribution is 7.30. The molecule has 0 aromatic heterocycles. The van der Waals surface area contributed by atoms with Crippen LogP contribution in [0.1, 0.15) is 0 Å². The fraction of sp³-hybridized carbons (Fsp3) is 0.667. The van der Waals surface area contributed by atoms with E-state index in [-0.39, 0.29) is 12.2 Å². The van der Waals surface area contributed by atoms with Gasteiger partial charge in [0.1, 0.15) is 0 Å². The van der Waals surface area contributed by atoms with E-state index in [9.17, 15) is 4.79 Å². The summed E-state index contributed by atoms with van der Waals surface area (Å²) in [6, 6.07) is 0. The van der Waals surface area contributed by atoms with Gasteiger partial charge in [0.15, 0.2) is 13.9 Å². The van der Waals surface area contributed by atoms with Crippen LogP contribution in [0.2, 0.25) is 13.6 Å². The van der Waals surface area contributed by atoms with Crippen LogP contribution in [0.5, 0.6) is 0 Å². The quantitative estimate of drug-likeness (QED) is 0.444. The summed E-state index contributed by atoms with van der Waals surface area (Å²) in [6.07, 6.45) is 0. The van der Waals surface area contributed by atoms with Crippen molar-refractivity contribution < 1.29 is 4.79 Å². The van der Waals surface area contributed by atoms with Crippen molar-refractivity contribution in [1.82, 2.24) is 0 Å². The molecule has 7 heavy (non-hydrogen) atoms. The van der Waals surface area contributed by atoms with Crippen molar-refractivity contribution in [2.24, 2.45) is 0 Å². The molecule has 33 valence electrons. The highest BCUT2D eigenvalue weighted by Crippen LogP contribution is 1.76. The summed E-state index contributed by atoms with van der Waals surface area (Å²) >= 11 is 0. The van der Waals surface area contributed by atoms with Crippen LogP contribution in [0.4, 0.5) is 4.79 Å².